The number of carbonyl (C=O) groups is 1. The van der Waals surface area contributed by atoms with Crippen LogP contribution in [0.2, 0.25) is 0 Å². The van der Waals surface area contributed by atoms with Crippen molar-refractivity contribution in [2.45, 2.75) is 13.8 Å². The van der Waals surface area contributed by atoms with Crippen LogP contribution in [0.3, 0.4) is 0 Å². The Balaban J connectivity index is 2.14. The highest BCUT2D eigenvalue weighted by molar-refractivity contribution is 7.19. The Labute approximate surface area is 118 Å². The molecule has 0 unspecified atom stereocenters. The molecule has 0 fully saturated rings. The average molecular weight is 290 g/mol. The van der Waals surface area contributed by atoms with Gasteiger partial charge in [-0.3, -0.25) is 4.40 Å². The van der Waals surface area contributed by atoms with Gasteiger partial charge in [0.05, 0.1) is 5.69 Å². The maximum absolute atomic E-state index is 13.3. The summed E-state index contributed by atoms with van der Waals surface area (Å²) < 4.78 is 15.0. The third kappa shape index (κ3) is 1.89. The molecule has 3 aromatic rings. The maximum atomic E-state index is 13.3. The van der Waals surface area contributed by atoms with Crippen LogP contribution in [-0.2, 0) is 0 Å². The second-order valence-corrected chi connectivity index (χ2v) is 5.54. The van der Waals surface area contributed by atoms with E-state index in [4.69, 9.17) is 5.11 Å². The zero-order valence-electron chi connectivity index (χ0n) is 10.8. The summed E-state index contributed by atoms with van der Waals surface area (Å²) in [6.45, 7) is 3.44. The van der Waals surface area contributed by atoms with Gasteiger partial charge in [0.15, 0.2) is 4.96 Å². The van der Waals surface area contributed by atoms with Gasteiger partial charge in [0.2, 0.25) is 0 Å². The lowest BCUT2D eigenvalue weighted by Gasteiger charge is -2.00. The molecule has 3 rings (SSSR count). The fourth-order valence-electron chi connectivity index (χ4n) is 2.09. The van der Waals surface area contributed by atoms with Crippen molar-refractivity contribution in [3.63, 3.8) is 0 Å². The Kier molecular flexibility index (Phi) is 2.83. The molecule has 0 aliphatic carbocycles. The van der Waals surface area contributed by atoms with Crippen LogP contribution in [0.5, 0.6) is 0 Å². The van der Waals surface area contributed by atoms with E-state index in [1.54, 1.807) is 36.6 Å². The van der Waals surface area contributed by atoms with E-state index in [1.807, 2.05) is 0 Å². The number of hydrogen-bond donors (Lipinski definition) is 1. The third-order valence-electron chi connectivity index (χ3n) is 3.20. The number of aromatic nitrogens is 2. The van der Waals surface area contributed by atoms with Crippen molar-refractivity contribution in [3.8, 4) is 11.3 Å². The highest BCUT2D eigenvalue weighted by atomic mass is 32.1. The Bertz CT molecular complexity index is 835. The number of carboxylic acids is 1. The number of nitrogens with zero attached hydrogens (tertiary/aromatic N) is 2. The molecule has 1 N–H and O–H groups in total. The van der Waals surface area contributed by atoms with Crippen LogP contribution in [0.15, 0.2) is 24.4 Å². The number of halogens is 1. The number of carboxylic acid groups (broad SMARTS) is 1. The van der Waals surface area contributed by atoms with Crippen molar-refractivity contribution in [1.29, 1.82) is 0 Å². The number of fused-ring (bicyclic) bond motifs is 1. The molecule has 0 aliphatic heterocycles. The van der Waals surface area contributed by atoms with Crippen LogP contribution in [0.4, 0.5) is 4.39 Å². The van der Waals surface area contributed by atoms with E-state index in [-0.39, 0.29) is 10.7 Å². The minimum atomic E-state index is -0.947. The van der Waals surface area contributed by atoms with Gasteiger partial charge >= 0.3 is 5.97 Å². The zero-order chi connectivity index (χ0) is 14.4. The number of hydrogen-bond acceptors (Lipinski definition) is 3. The SMILES string of the molecule is Cc1cc(-c2cn3c(C)c(C(=O)O)sc3n2)ccc1F. The maximum Gasteiger partial charge on any atom is 0.347 e. The first-order chi connectivity index (χ1) is 9.47. The monoisotopic (exact) mass is 290 g/mol. The van der Waals surface area contributed by atoms with E-state index in [9.17, 15) is 9.18 Å². The predicted molar refractivity (Wildman–Crippen MR) is 74.9 cm³/mol. The second-order valence-electron chi connectivity index (χ2n) is 4.56. The number of imidazole rings is 1. The molecule has 20 heavy (non-hydrogen) atoms. The van der Waals surface area contributed by atoms with Crippen molar-refractivity contribution < 1.29 is 14.3 Å². The Hall–Kier alpha value is -2.21. The molecule has 0 saturated heterocycles. The predicted octanol–water partition coefficient (Wildman–Crippen LogP) is 3.52. The molecular weight excluding hydrogens is 279 g/mol. The van der Waals surface area contributed by atoms with Gasteiger partial charge in [-0.1, -0.05) is 11.3 Å². The first-order valence-corrected chi connectivity index (χ1v) is 6.77. The summed E-state index contributed by atoms with van der Waals surface area (Å²) in [5, 5.41) is 9.07. The lowest BCUT2D eigenvalue weighted by Crippen LogP contribution is -1.96. The normalized spacial score (nSPS) is 11.2. The van der Waals surface area contributed by atoms with Gasteiger partial charge in [0, 0.05) is 17.5 Å². The summed E-state index contributed by atoms with van der Waals surface area (Å²) in [6.07, 6.45) is 1.78. The van der Waals surface area contributed by atoms with E-state index in [2.05, 4.69) is 4.98 Å². The van der Waals surface area contributed by atoms with Gasteiger partial charge in [-0.15, -0.1) is 0 Å². The number of rotatable bonds is 2. The Morgan fingerprint density at radius 2 is 2.15 bits per heavy atom. The van der Waals surface area contributed by atoms with Crippen LogP contribution in [0.1, 0.15) is 20.9 Å². The minimum absolute atomic E-state index is 0.251. The average Bonchev–Trinajstić information content (AvgIpc) is 2.93. The summed E-state index contributed by atoms with van der Waals surface area (Å²) in [5.41, 5.74) is 2.73. The quantitative estimate of drug-likeness (QED) is 0.785. The second kappa shape index (κ2) is 4.42. The molecule has 0 aliphatic rings. The molecule has 0 bridgehead atoms. The fourth-order valence-corrected chi connectivity index (χ4v) is 3.04. The van der Waals surface area contributed by atoms with Crippen LogP contribution in [0.25, 0.3) is 16.2 Å². The molecule has 102 valence electrons. The molecule has 2 heterocycles. The third-order valence-corrected chi connectivity index (χ3v) is 4.35. The number of aryl methyl sites for hydroxylation is 2. The van der Waals surface area contributed by atoms with E-state index in [0.717, 1.165) is 16.9 Å². The summed E-state index contributed by atoms with van der Waals surface area (Å²) in [6, 6.07) is 4.81. The molecular formula is C14H11FN2O2S. The smallest absolute Gasteiger partial charge is 0.347 e. The standard InChI is InChI=1S/C14H11FN2O2S/c1-7-5-9(3-4-10(7)15)11-6-17-8(2)12(13(18)19)20-14(17)16-11/h3-6H,1-2H3,(H,18,19). The van der Waals surface area contributed by atoms with Crippen LogP contribution >= 0.6 is 11.3 Å². The zero-order valence-corrected chi connectivity index (χ0v) is 11.7. The number of benzene rings is 1. The molecule has 0 radical (unpaired) electrons. The van der Waals surface area contributed by atoms with Gasteiger partial charge in [0.25, 0.3) is 0 Å². The Morgan fingerprint density at radius 1 is 1.40 bits per heavy atom. The molecule has 0 atom stereocenters. The van der Waals surface area contributed by atoms with Gasteiger partial charge in [0.1, 0.15) is 10.7 Å². The molecule has 1 aromatic carbocycles. The number of thiazole rings is 1. The molecule has 2 aromatic heterocycles. The first-order valence-electron chi connectivity index (χ1n) is 5.95. The lowest BCUT2D eigenvalue weighted by molar-refractivity contribution is 0.0701. The van der Waals surface area contributed by atoms with E-state index < -0.39 is 5.97 Å². The van der Waals surface area contributed by atoms with Crippen molar-refractivity contribution in [2.75, 3.05) is 0 Å². The van der Waals surface area contributed by atoms with Crippen LogP contribution < -0.4 is 0 Å². The van der Waals surface area contributed by atoms with E-state index in [1.165, 1.54) is 6.07 Å². The molecule has 0 saturated carbocycles. The van der Waals surface area contributed by atoms with Gasteiger partial charge < -0.3 is 5.11 Å². The fraction of sp³-hybridized carbons (Fsp3) is 0.143. The van der Waals surface area contributed by atoms with Gasteiger partial charge in [-0.25, -0.2) is 14.2 Å². The first kappa shape index (κ1) is 12.8. The van der Waals surface area contributed by atoms with Crippen molar-refractivity contribution in [2.24, 2.45) is 0 Å². The van der Waals surface area contributed by atoms with E-state index in [0.29, 0.717) is 21.9 Å². The summed E-state index contributed by atoms with van der Waals surface area (Å²) >= 11 is 1.13. The highest BCUT2D eigenvalue weighted by Crippen LogP contribution is 2.27. The van der Waals surface area contributed by atoms with Crippen molar-refractivity contribution >= 4 is 22.3 Å². The van der Waals surface area contributed by atoms with Crippen molar-refractivity contribution in [1.82, 2.24) is 9.38 Å². The Morgan fingerprint density at radius 3 is 2.75 bits per heavy atom. The summed E-state index contributed by atoms with van der Waals surface area (Å²) in [7, 11) is 0. The molecule has 0 amide bonds. The van der Waals surface area contributed by atoms with Crippen LogP contribution in [0, 0.1) is 19.7 Å². The van der Waals surface area contributed by atoms with E-state index >= 15 is 0 Å². The summed E-state index contributed by atoms with van der Waals surface area (Å²) in [5.74, 6) is -1.20. The van der Waals surface area contributed by atoms with Gasteiger partial charge in [-0.05, 0) is 37.6 Å². The lowest BCUT2D eigenvalue weighted by atomic mass is 10.1. The van der Waals surface area contributed by atoms with Crippen LogP contribution in [-0.4, -0.2) is 20.5 Å². The largest absolute Gasteiger partial charge is 0.477 e. The highest BCUT2D eigenvalue weighted by Gasteiger charge is 2.17. The van der Waals surface area contributed by atoms with Gasteiger partial charge in [-0.2, -0.15) is 0 Å². The summed E-state index contributed by atoms with van der Waals surface area (Å²) in [4.78, 5) is 16.4. The molecule has 0 spiro atoms. The molecule has 4 nitrogen and oxygen atoms in total. The number of aromatic carboxylic acids is 1. The van der Waals surface area contributed by atoms with Crippen molar-refractivity contribution in [3.05, 3.63) is 46.3 Å². The molecule has 6 heteroatoms. The topological polar surface area (TPSA) is 54.6 Å². The minimum Gasteiger partial charge on any atom is -0.477 e.